The number of carbonyl (C=O) groups excluding carboxylic acids is 3. The van der Waals surface area contributed by atoms with E-state index in [0.717, 1.165) is 0 Å². The van der Waals surface area contributed by atoms with E-state index in [4.69, 9.17) is 15.9 Å². The number of nitrogens with zero attached hydrogens (tertiary/aromatic N) is 1. The van der Waals surface area contributed by atoms with Gasteiger partial charge in [0.1, 0.15) is 24.7 Å². The number of H-pyrrole nitrogens is 1. The first-order valence-electron chi connectivity index (χ1n) is 7.83. The Kier molecular flexibility index (Phi) is 9.25. The lowest BCUT2D eigenvalue weighted by atomic mass is 10.1. The summed E-state index contributed by atoms with van der Waals surface area (Å²) in [6.45, 7) is -1.22. The van der Waals surface area contributed by atoms with Gasteiger partial charge in [0, 0.05) is 24.1 Å². The van der Waals surface area contributed by atoms with E-state index in [1.165, 1.54) is 12.5 Å². The van der Waals surface area contributed by atoms with Gasteiger partial charge in [0.2, 0.25) is 17.7 Å². The molecular weight excluding hydrogens is 380 g/mol. The second-order valence-corrected chi connectivity index (χ2v) is 5.85. The number of nitrogens with one attached hydrogen (secondary N) is 4. The minimum atomic E-state index is -1.24. The van der Waals surface area contributed by atoms with Crippen LogP contribution in [-0.4, -0.2) is 80.9 Å². The van der Waals surface area contributed by atoms with E-state index in [-0.39, 0.29) is 12.2 Å². The van der Waals surface area contributed by atoms with Crippen molar-refractivity contribution in [3.8, 4) is 0 Å². The first-order chi connectivity index (χ1) is 12.8. The normalized spacial score (nSPS) is 13.9. The molecule has 0 radical (unpaired) electrons. The summed E-state index contributed by atoms with van der Waals surface area (Å²) in [4.78, 5) is 53.6. The molecule has 13 heteroatoms. The fraction of sp³-hybridized carbons (Fsp3) is 0.500. The molecule has 0 fully saturated rings. The fourth-order valence-corrected chi connectivity index (χ4v) is 2.20. The van der Waals surface area contributed by atoms with Gasteiger partial charge in [-0.15, -0.1) is 0 Å². The molecule has 0 aliphatic heterocycles. The quantitative estimate of drug-likeness (QED) is 0.173. The second kappa shape index (κ2) is 11.2. The average Bonchev–Trinajstić information content (AvgIpc) is 3.15. The van der Waals surface area contributed by atoms with Crippen LogP contribution in [0.3, 0.4) is 0 Å². The van der Waals surface area contributed by atoms with Crippen molar-refractivity contribution in [2.24, 2.45) is 5.73 Å². The number of aliphatic hydroxyl groups is 1. The highest BCUT2D eigenvalue weighted by Crippen LogP contribution is 2.01. The van der Waals surface area contributed by atoms with Crippen LogP contribution in [0.15, 0.2) is 12.5 Å². The smallest absolute Gasteiger partial charge is 0.322 e. The van der Waals surface area contributed by atoms with Gasteiger partial charge in [-0.1, -0.05) is 0 Å². The molecule has 3 amide bonds. The average molecular weight is 402 g/mol. The molecule has 1 rings (SSSR count). The van der Waals surface area contributed by atoms with Crippen LogP contribution in [0.2, 0.25) is 0 Å². The van der Waals surface area contributed by atoms with Gasteiger partial charge in [-0.05, 0) is 0 Å². The number of carboxylic acid groups (broad SMARTS) is 1. The number of aliphatic hydroxyl groups excluding tert-OH is 1. The largest absolute Gasteiger partial charge is 0.480 e. The van der Waals surface area contributed by atoms with Crippen molar-refractivity contribution in [1.29, 1.82) is 0 Å². The maximum atomic E-state index is 12.4. The first-order valence-corrected chi connectivity index (χ1v) is 8.46. The first kappa shape index (κ1) is 22.4. The van der Waals surface area contributed by atoms with Crippen molar-refractivity contribution in [2.75, 3.05) is 18.9 Å². The van der Waals surface area contributed by atoms with E-state index in [1.807, 2.05) is 0 Å². The monoisotopic (exact) mass is 402 g/mol. The minimum Gasteiger partial charge on any atom is -0.480 e. The van der Waals surface area contributed by atoms with Gasteiger partial charge in [-0.3, -0.25) is 19.2 Å². The molecule has 0 saturated heterocycles. The van der Waals surface area contributed by atoms with E-state index in [0.29, 0.717) is 5.69 Å². The van der Waals surface area contributed by atoms with Gasteiger partial charge < -0.3 is 36.9 Å². The summed E-state index contributed by atoms with van der Waals surface area (Å²) in [5.41, 5.74) is 5.91. The number of hydrogen-bond acceptors (Lipinski definition) is 8. The molecule has 0 aliphatic carbocycles. The summed E-state index contributed by atoms with van der Waals surface area (Å²) in [5.74, 6) is -3.54. The highest BCUT2D eigenvalue weighted by molar-refractivity contribution is 7.80. The maximum absolute atomic E-state index is 12.4. The molecule has 3 atom stereocenters. The zero-order valence-corrected chi connectivity index (χ0v) is 15.1. The van der Waals surface area contributed by atoms with Crippen LogP contribution in [0, 0.1) is 0 Å². The van der Waals surface area contributed by atoms with Crippen LogP contribution in [0.4, 0.5) is 0 Å². The number of hydrogen-bond donors (Lipinski definition) is 8. The fourth-order valence-electron chi connectivity index (χ4n) is 1.94. The number of aliphatic carboxylic acids is 1. The molecule has 0 spiro atoms. The third-order valence-corrected chi connectivity index (χ3v) is 3.74. The highest BCUT2D eigenvalue weighted by Gasteiger charge is 2.27. The molecule has 0 bridgehead atoms. The van der Waals surface area contributed by atoms with E-state index >= 15 is 0 Å². The van der Waals surface area contributed by atoms with Gasteiger partial charge in [0.05, 0.1) is 12.9 Å². The van der Waals surface area contributed by atoms with Crippen LogP contribution in [-0.2, 0) is 25.6 Å². The van der Waals surface area contributed by atoms with Crippen molar-refractivity contribution < 1.29 is 29.4 Å². The molecule has 1 heterocycles. The molecule has 1 aromatic rings. The van der Waals surface area contributed by atoms with Gasteiger partial charge in [0.15, 0.2) is 0 Å². The predicted octanol–water partition coefficient (Wildman–Crippen LogP) is -3.63. The molecule has 3 unspecified atom stereocenters. The summed E-state index contributed by atoms with van der Waals surface area (Å²) in [6, 6.07) is -3.45. The summed E-state index contributed by atoms with van der Waals surface area (Å²) in [6.07, 6.45) is 2.85. The zero-order valence-electron chi connectivity index (χ0n) is 14.2. The number of thiol groups is 1. The number of rotatable bonds is 11. The van der Waals surface area contributed by atoms with Crippen LogP contribution in [0.25, 0.3) is 0 Å². The summed E-state index contributed by atoms with van der Waals surface area (Å²) in [5, 5.41) is 24.5. The molecule has 1 aromatic heterocycles. The number of amides is 3. The van der Waals surface area contributed by atoms with Crippen LogP contribution >= 0.6 is 12.6 Å². The number of imidazole rings is 1. The topological polar surface area (TPSA) is 200 Å². The van der Waals surface area contributed by atoms with Gasteiger partial charge in [-0.25, -0.2) is 4.98 Å². The lowest BCUT2D eigenvalue weighted by Crippen LogP contribution is -2.57. The third kappa shape index (κ3) is 7.64. The van der Waals surface area contributed by atoms with Crippen molar-refractivity contribution >= 4 is 36.3 Å². The zero-order chi connectivity index (χ0) is 20.4. The predicted molar refractivity (Wildman–Crippen MR) is 95.7 cm³/mol. The third-order valence-electron chi connectivity index (χ3n) is 3.37. The molecule has 0 aromatic carbocycles. The second-order valence-electron chi connectivity index (χ2n) is 5.49. The lowest BCUT2D eigenvalue weighted by molar-refractivity contribution is -0.138. The van der Waals surface area contributed by atoms with E-state index < -0.39 is 55.0 Å². The number of aromatic amines is 1. The lowest BCUT2D eigenvalue weighted by Gasteiger charge is -2.22. The van der Waals surface area contributed by atoms with Crippen LogP contribution < -0.4 is 21.7 Å². The molecule has 0 aliphatic rings. The Hall–Kier alpha value is -2.64. The van der Waals surface area contributed by atoms with Crippen LogP contribution in [0.5, 0.6) is 0 Å². The number of aromatic nitrogens is 2. The van der Waals surface area contributed by atoms with E-state index in [1.54, 1.807) is 0 Å². The van der Waals surface area contributed by atoms with E-state index in [9.17, 15) is 19.2 Å². The Labute approximate surface area is 159 Å². The molecule has 8 N–H and O–H groups in total. The van der Waals surface area contributed by atoms with Gasteiger partial charge in [0.25, 0.3) is 0 Å². The van der Waals surface area contributed by atoms with Crippen molar-refractivity contribution in [1.82, 2.24) is 25.9 Å². The van der Waals surface area contributed by atoms with Crippen molar-refractivity contribution in [3.05, 3.63) is 18.2 Å². The minimum absolute atomic E-state index is 0.0145. The Morgan fingerprint density at radius 1 is 1.19 bits per heavy atom. The Balaban J connectivity index is 2.81. The number of nitrogens with two attached hydrogens (primary N) is 1. The maximum Gasteiger partial charge on any atom is 0.322 e. The SMILES string of the molecule is NC(CO)C(=O)NC(CS)C(=O)NC(Cc1cnc[nH]1)C(=O)NCC(=O)O. The van der Waals surface area contributed by atoms with Gasteiger partial charge in [-0.2, -0.15) is 12.6 Å². The van der Waals surface area contributed by atoms with Crippen LogP contribution in [0.1, 0.15) is 5.69 Å². The summed E-state index contributed by atoms with van der Waals surface area (Å²) < 4.78 is 0. The van der Waals surface area contributed by atoms with Crippen molar-refractivity contribution in [2.45, 2.75) is 24.5 Å². The summed E-state index contributed by atoms with van der Waals surface area (Å²) in [7, 11) is 0. The molecular formula is C14H22N6O6S. The Bertz CT molecular complexity index is 655. The van der Waals surface area contributed by atoms with Crippen molar-refractivity contribution in [3.63, 3.8) is 0 Å². The molecule has 150 valence electrons. The van der Waals surface area contributed by atoms with Gasteiger partial charge >= 0.3 is 5.97 Å². The Morgan fingerprint density at radius 3 is 2.37 bits per heavy atom. The van der Waals surface area contributed by atoms with E-state index in [2.05, 4.69) is 38.5 Å². The summed E-state index contributed by atoms with van der Waals surface area (Å²) >= 11 is 3.99. The Morgan fingerprint density at radius 2 is 1.85 bits per heavy atom. The number of carbonyl (C=O) groups is 4. The molecule has 0 saturated carbocycles. The highest BCUT2D eigenvalue weighted by atomic mass is 32.1. The molecule has 27 heavy (non-hydrogen) atoms. The standard InChI is InChI=1S/C14H22N6O6S/c15-8(4-21)12(24)20-10(5-27)14(26)19-9(1-7-2-16-6-18-7)13(25)17-3-11(22)23/h2,6,8-10,21,27H,1,3-5,15H2,(H,16,18)(H,17,25)(H,19,26)(H,20,24)(H,22,23). The molecule has 12 nitrogen and oxygen atoms in total. The number of carboxylic acids is 1.